The number of nitrogens with two attached hydrogens (primary N) is 1. The molecule has 0 amide bonds. The molecule has 3 N–H and O–H groups in total. The molecule has 0 radical (unpaired) electrons. The highest BCUT2D eigenvalue weighted by Gasteiger charge is 2.38. The van der Waals surface area contributed by atoms with Crippen molar-refractivity contribution in [1.29, 1.82) is 0 Å². The summed E-state index contributed by atoms with van der Waals surface area (Å²) in [7, 11) is -3.85. The Balaban J connectivity index is 1.39. The van der Waals surface area contributed by atoms with Crippen molar-refractivity contribution in [3.8, 4) is 0 Å². The highest BCUT2D eigenvalue weighted by molar-refractivity contribution is 7.89. The van der Waals surface area contributed by atoms with E-state index in [1.807, 2.05) is 0 Å². The summed E-state index contributed by atoms with van der Waals surface area (Å²) in [5.74, 6) is -4.53. The lowest BCUT2D eigenvalue weighted by Gasteiger charge is -2.40. The summed E-state index contributed by atoms with van der Waals surface area (Å²) < 4.78 is 86.1. The van der Waals surface area contributed by atoms with E-state index < -0.39 is 57.1 Å². The number of ketones is 1. The fourth-order valence-corrected chi connectivity index (χ4v) is 8.01. The minimum atomic E-state index is -3.85. The smallest absolute Gasteiger partial charge is 0.243 e. The van der Waals surface area contributed by atoms with Crippen LogP contribution in [0.1, 0.15) is 41.5 Å². The lowest BCUT2D eigenvalue weighted by Crippen LogP contribution is -2.58. The molecule has 7 nitrogen and oxygen atoms in total. The first kappa shape index (κ1) is 33.4. The molecule has 1 aromatic heterocycles. The van der Waals surface area contributed by atoms with Gasteiger partial charge in [0.2, 0.25) is 10.0 Å². The van der Waals surface area contributed by atoms with Crippen molar-refractivity contribution >= 4 is 15.8 Å². The normalized spacial score (nSPS) is 18.7. The SMILES string of the molecule is C[C@H]1CNC[C@H](CCc2c(F)cncc2CC(=O)[C@@H](N)[C@@H](c2ccc(F)cc2)c2cc(F)cc(F)c2)N1S(=O)(=O)c1ccccc1. The number of carbonyl (C=O) groups is 1. The number of Topliss-reactive ketones (excluding diaryl/α,β-unsaturated/α-hetero) is 1. The first-order valence-electron chi connectivity index (χ1n) is 14.9. The first-order valence-corrected chi connectivity index (χ1v) is 16.3. The quantitative estimate of drug-likeness (QED) is 0.223. The van der Waals surface area contributed by atoms with Gasteiger partial charge in [-0.15, -0.1) is 0 Å². The summed E-state index contributed by atoms with van der Waals surface area (Å²) in [6.45, 7) is 2.61. The van der Waals surface area contributed by atoms with Gasteiger partial charge in [0, 0.05) is 49.8 Å². The number of nitrogens with one attached hydrogen (secondary N) is 1. The van der Waals surface area contributed by atoms with Crippen molar-refractivity contribution in [2.45, 2.75) is 55.1 Å². The summed E-state index contributed by atoms with van der Waals surface area (Å²) in [5.41, 5.74) is 7.35. The number of piperazine rings is 1. The third kappa shape index (κ3) is 7.36. The Kier molecular flexibility index (Phi) is 10.3. The van der Waals surface area contributed by atoms with Gasteiger partial charge in [-0.25, -0.2) is 26.0 Å². The summed E-state index contributed by atoms with van der Waals surface area (Å²) in [6, 6.07) is 13.8. The molecule has 1 aliphatic rings. The number of hydrogen-bond acceptors (Lipinski definition) is 6. The van der Waals surface area contributed by atoms with Gasteiger partial charge in [-0.2, -0.15) is 4.31 Å². The van der Waals surface area contributed by atoms with Gasteiger partial charge in [0.05, 0.1) is 17.1 Å². The fraction of sp³-hybridized carbons (Fsp3) is 0.294. The molecule has 1 fully saturated rings. The molecule has 0 unspecified atom stereocenters. The number of aromatic nitrogens is 1. The number of halogens is 4. The van der Waals surface area contributed by atoms with Crippen LogP contribution in [-0.4, -0.2) is 54.7 Å². The van der Waals surface area contributed by atoms with Crippen LogP contribution in [0.25, 0.3) is 0 Å². The van der Waals surface area contributed by atoms with E-state index in [2.05, 4.69) is 10.3 Å². The van der Waals surface area contributed by atoms with E-state index >= 15 is 4.39 Å². The number of benzene rings is 3. The minimum Gasteiger partial charge on any atom is -0.321 e. The second kappa shape index (κ2) is 14.2. The molecule has 242 valence electrons. The largest absolute Gasteiger partial charge is 0.321 e. The van der Waals surface area contributed by atoms with Crippen molar-refractivity contribution in [1.82, 2.24) is 14.6 Å². The molecule has 0 saturated carbocycles. The van der Waals surface area contributed by atoms with Gasteiger partial charge < -0.3 is 11.1 Å². The Labute approximate surface area is 265 Å². The average molecular weight is 655 g/mol. The molecule has 4 aromatic rings. The van der Waals surface area contributed by atoms with Crippen molar-refractivity contribution in [3.05, 3.63) is 131 Å². The Morgan fingerprint density at radius 1 is 0.935 bits per heavy atom. The molecule has 3 aromatic carbocycles. The maximum atomic E-state index is 15.3. The highest BCUT2D eigenvalue weighted by atomic mass is 32.2. The monoisotopic (exact) mass is 654 g/mol. The van der Waals surface area contributed by atoms with Gasteiger partial charge in [0.1, 0.15) is 23.3 Å². The average Bonchev–Trinajstić information content (AvgIpc) is 3.01. The molecule has 46 heavy (non-hydrogen) atoms. The van der Waals surface area contributed by atoms with E-state index in [0.29, 0.717) is 24.7 Å². The highest BCUT2D eigenvalue weighted by Crippen LogP contribution is 2.31. The van der Waals surface area contributed by atoms with Gasteiger partial charge in [-0.1, -0.05) is 30.3 Å². The van der Waals surface area contributed by atoms with Crippen LogP contribution in [-0.2, 0) is 27.7 Å². The molecule has 12 heteroatoms. The lowest BCUT2D eigenvalue weighted by atomic mass is 9.82. The Morgan fingerprint density at radius 3 is 2.28 bits per heavy atom. The molecule has 1 saturated heterocycles. The molecule has 0 aliphatic carbocycles. The van der Waals surface area contributed by atoms with Gasteiger partial charge in [0.25, 0.3) is 0 Å². The zero-order valence-corrected chi connectivity index (χ0v) is 25.9. The third-order valence-electron chi connectivity index (χ3n) is 8.32. The number of hydrogen-bond donors (Lipinski definition) is 2. The second-order valence-electron chi connectivity index (χ2n) is 11.5. The predicted molar refractivity (Wildman–Crippen MR) is 165 cm³/mol. The Hall–Kier alpha value is -3.97. The molecule has 4 atom stereocenters. The van der Waals surface area contributed by atoms with Gasteiger partial charge in [0.15, 0.2) is 5.78 Å². The van der Waals surface area contributed by atoms with Crippen molar-refractivity contribution in [2.24, 2.45) is 5.73 Å². The van der Waals surface area contributed by atoms with Crippen LogP contribution in [0, 0.1) is 23.3 Å². The number of pyridine rings is 1. The number of sulfonamides is 1. The fourth-order valence-electron chi connectivity index (χ4n) is 6.14. The van der Waals surface area contributed by atoms with E-state index in [0.717, 1.165) is 30.5 Å². The van der Waals surface area contributed by atoms with Crippen molar-refractivity contribution in [3.63, 3.8) is 0 Å². The van der Waals surface area contributed by atoms with Gasteiger partial charge in [-0.05, 0) is 78.4 Å². The standard InChI is InChI=1S/C34H34F4N4O3S/c1-21-17-40-19-28(42(21)46(44,45)29-5-3-2-4-6-29)11-12-30-24(18-41-20-31(30)38)15-32(43)34(39)33(22-7-9-25(35)10-8-22)23-13-26(36)16-27(37)14-23/h2-10,13-14,16,18,20-21,28,33-34,40H,11-12,15,17,19,39H2,1H3/t21-,28-,33-,34+/m0/s1. The van der Waals surface area contributed by atoms with Crippen LogP contribution >= 0.6 is 0 Å². The second-order valence-corrected chi connectivity index (χ2v) is 13.4. The molecule has 5 rings (SSSR count). The Bertz CT molecular complexity index is 1770. The number of rotatable bonds is 11. The summed E-state index contributed by atoms with van der Waals surface area (Å²) in [5, 5.41) is 3.25. The van der Waals surface area contributed by atoms with Crippen LogP contribution in [0.4, 0.5) is 17.6 Å². The van der Waals surface area contributed by atoms with Gasteiger partial charge >= 0.3 is 0 Å². The summed E-state index contributed by atoms with van der Waals surface area (Å²) in [6.07, 6.45) is 2.39. The van der Waals surface area contributed by atoms with Crippen LogP contribution in [0.15, 0.2) is 90.1 Å². The maximum Gasteiger partial charge on any atom is 0.243 e. The van der Waals surface area contributed by atoms with E-state index in [1.165, 1.54) is 34.8 Å². The van der Waals surface area contributed by atoms with Crippen molar-refractivity contribution in [2.75, 3.05) is 13.1 Å². The van der Waals surface area contributed by atoms with Crippen LogP contribution in [0.2, 0.25) is 0 Å². The Morgan fingerprint density at radius 2 is 1.61 bits per heavy atom. The van der Waals surface area contributed by atoms with Crippen molar-refractivity contribution < 1.29 is 30.8 Å². The number of nitrogens with zero attached hydrogens (tertiary/aromatic N) is 2. The molecule has 0 bridgehead atoms. The van der Waals surface area contributed by atoms with Gasteiger partial charge in [-0.3, -0.25) is 9.78 Å². The van der Waals surface area contributed by atoms with E-state index in [-0.39, 0.29) is 46.9 Å². The summed E-state index contributed by atoms with van der Waals surface area (Å²) >= 11 is 0. The zero-order valence-electron chi connectivity index (χ0n) is 25.0. The van der Waals surface area contributed by atoms with Crippen LogP contribution in [0.5, 0.6) is 0 Å². The molecule has 2 heterocycles. The minimum absolute atomic E-state index is 0.0844. The molecule has 0 spiro atoms. The van der Waals surface area contributed by atoms with E-state index in [9.17, 15) is 26.4 Å². The lowest BCUT2D eigenvalue weighted by molar-refractivity contribution is -0.119. The van der Waals surface area contributed by atoms with Crippen LogP contribution < -0.4 is 11.1 Å². The molecular formula is C34H34F4N4O3S. The first-order chi connectivity index (χ1) is 22.0. The summed E-state index contributed by atoms with van der Waals surface area (Å²) in [4.78, 5) is 17.7. The maximum absolute atomic E-state index is 15.3. The predicted octanol–water partition coefficient (Wildman–Crippen LogP) is 4.89. The van der Waals surface area contributed by atoms with E-state index in [1.54, 1.807) is 25.1 Å². The topological polar surface area (TPSA) is 105 Å². The zero-order chi connectivity index (χ0) is 33.0. The van der Waals surface area contributed by atoms with E-state index in [4.69, 9.17) is 5.73 Å². The molecule has 1 aliphatic heterocycles. The van der Waals surface area contributed by atoms with Crippen LogP contribution in [0.3, 0.4) is 0 Å². The third-order valence-corrected chi connectivity index (χ3v) is 10.4. The number of carbonyl (C=O) groups excluding carboxylic acids is 1. The molecular weight excluding hydrogens is 620 g/mol.